The molecule has 0 spiro atoms. The molecular weight excluding hydrogens is 1390 g/mol. The summed E-state index contributed by atoms with van der Waals surface area (Å²) in [4.78, 5) is 22.6. The van der Waals surface area contributed by atoms with E-state index in [9.17, 15) is 40.2 Å². The third-order valence-electron chi connectivity index (χ3n) is 14.2. The van der Waals surface area contributed by atoms with Gasteiger partial charge in [0.1, 0.15) is 48.6 Å². The molecule has 20 heteroatoms. The number of benzene rings is 8. The number of carbonyl (C=O) groups excluding carboxylic acids is 2. The van der Waals surface area contributed by atoms with Crippen molar-refractivity contribution in [3.63, 3.8) is 0 Å². The first-order chi connectivity index (χ1) is 43.7. The van der Waals surface area contributed by atoms with Crippen molar-refractivity contribution in [2.45, 2.75) is 102 Å². The number of allylic oxidation sites excluding steroid dienone is 1. The smallest absolute Gasteiger partial charge is 0.872 e. The zero-order chi connectivity index (χ0) is 67.0. The number of aryl methyl sites for hydroxylation is 1. The van der Waals surface area contributed by atoms with Gasteiger partial charge < -0.3 is 65.1 Å². The number of aliphatic hydroxyl groups is 1. The van der Waals surface area contributed by atoms with Crippen molar-refractivity contribution >= 4 is 22.8 Å². The van der Waals surface area contributed by atoms with Crippen LogP contribution in [-0.4, -0.2) is 101 Å². The maximum absolute atomic E-state index is 11.4. The van der Waals surface area contributed by atoms with E-state index in [1.54, 1.807) is 72.8 Å². The average molecular weight is 1490 g/mol. The van der Waals surface area contributed by atoms with Crippen LogP contribution in [0.3, 0.4) is 0 Å². The summed E-state index contributed by atoms with van der Waals surface area (Å²) < 4.78 is 19.9. The predicted molar refractivity (Wildman–Crippen MR) is 388 cm³/mol. The van der Waals surface area contributed by atoms with Crippen LogP contribution in [0.4, 0.5) is 0 Å². The van der Waals surface area contributed by atoms with E-state index in [1.807, 2.05) is 98.8 Å². The van der Waals surface area contributed by atoms with Crippen molar-refractivity contribution in [1.82, 2.24) is 4.90 Å². The molecule has 8 aromatic carbocycles. The van der Waals surface area contributed by atoms with Crippen LogP contribution in [0.1, 0.15) is 123 Å². The summed E-state index contributed by atoms with van der Waals surface area (Å²) in [5, 5.41) is 71.0. The number of aromatic hydroxyl groups is 3. The fourth-order valence-corrected chi connectivity index (χ4v) is 8.66. The second-order valence-corrected chi connectivity index (χ2v) is 20.6. The van der Waals surface area contributed by atoms with Crippen LogP contribution in [-0.2, 0) is 42.7 Å². The number of aliphatic hydroxyl groups excluding tert-OH is 1. The van der Waals surface area contributed by atoms with Gasteiger partial charge in [-0.25, -0.2) is 4.79 Å². The number of carbonyl (C=O) groups is 2. The van der Waals surface area contributed by atoms with Crippen LogP contribution in [0.5, 0.6) is 46.0 Å². The Kier molecular flexibility index (Phi) is 69.9. The van der Waals surface area contributed by atoms with Gasteiger partial charge in [-0.3, -0.25) is 4.79 Å². The minimum Gasteiger partial charge on any atom is -0.872 e. The molecule has 100 heavy (non-hydrogen) atoms. The Hall–Kier alpha value is -2.98. The first-order valence-electron chi connectivity index (χ1n) is 29.8. The zero-order valence-corrected chi connectivity index (χ0v) is 70.9. The summed E-state index contributed by atoms with van der Waals surface area (Å²) in [5.41, 5.74) is 7.20. The van der Waals surface area contributed by atoms with Gasteiger partial charge in [-0.1, -0.05) is 210 Å². The summed E-state index contributed by atoms with van der Waals surface area (Å²) in [7, 11) is 0. The number of esters is 1. The van der Waals surface area contributed by atoms with Crippen molar-refractivity contribution in [3.05, 3.63) is 264 Å². The Balaban J connectivity index is -0.000000213. The number of rotatable bonds is 20. The summed E-state index contributed by atoms with van der Waals surface area (Å²) >= 11 is 4.71. The molecule has 522 valence electrons. The number of hydrogen-bond donors (Lipinski definition) is 4. The molecule has 0 amide bonds. The molecule has 15 nitrogen and oxygen atoms in total. The largest absolute Gasteiger partial charge is 1.00 e. The Morgan fingerprint density at radius 1 is 0.510 bits per heavy atom. The van der Waals surface area contributed by atoms with Crippen molar-refractivity contribution in [2.24, 2.45) is 0 Å². The number of epoxide rings is 1. The molecule has 0 radical (unpaired) electrons. The van der Waals surface area contributed by atoms with Gasteiger partial charge in [-0.2, -0.15) is 0 Å². The fraction of sp³-hybridized carbons (Fsp3) is 0.300. The molecule has 1 heterocycles. The van der Waals surface area contributed by atoms with E-state index >= 15 is 0 Å². The van der Waals surface area contributed by atoms with Gasteiger partial charge in [0.25, 0.3) is 0 Å². The van der Waals surface area contributed by atoms with E-state index < -0.39 is 22.0 Å². The van der Waals surface area contributed by atoms with E-state index in [-0.39, 0.29) is 288 Å². The molecule has 6 N–H and O–H groups in total. The van der Waals surface area contributed by atoms with Crippen LogP contribution in [0.2, 0.25) is 0 Å². The minimum absolute atomic E-state index is 0. The van der Waals surface area contributed by atoms with Crippen molar-refractivity contribution in [2.75, 3.05) is 59.3 Å². The molecule has 0 unspecified atom stereocenters. The molecule has 0 aliphatic carbocycles. The summed E-state index contributed by atoms with van der Waals surface area (Å²) in [6.45, 7) is 27.5. The Morgan fingerprint density at radius 2 is 0.790 bits per heavy atom. The van der Waals surface area contributed by atoms with Crippen LogP contribution in [0.15, 0.2) is 219 Å². The molecule has 1 aliphatic rings. The number of phenolic OH excluding ortho intramolecular Hbond substituents is 3. The number of phenols is 3. The Bertz CT molecular complexity index is 3050. The molecule has 1 saturated heterocycles. The van der Waals surface area contributed by atoms with E-state index in [4.69, 9.17) is 30.9 Å². The van der Waals surface area contributed by atoms with Crippen LogP contribution in [0, 0.1) is 11.8 Å². The molecule has 1 fully saturated rings. The van der Waals surface area contributed by atoms with Crippen molar-refractivity contribution in [3.8, 4) is 57.8 Å². The summed E-state index contributed by atoms with van der Waals surface area (Å²) in [6.07, 6.45) is 3.96. The van der Waals surface area contributed by atoms with Gasteiger partial charge in [0.2, 0.25) is 5.24 Å². The second-order valence-electron chi connectivity index (χ2n) is 20.2. The standard InChI is InChI=1S/2C20H18O3.C15H16O3.C10H14O2.C6H15N.C3H3ClO.C2H4O.4CH4.4K.H2O/c2*1-20(14-2-8-17(21)9-3-14,15-4-10-18(22)11-5-15)16-6-12-19(23)13-7-16;1-3-5-6-13-7-9-14(10-8-13)17-11-12-18-15(16)4-2;1-2-9-3-5-10(6-4-9)12-8-7-11;1-4-7(5-2)6-3;1-2-3(4)5;1-2-3-1;;;;;;;;;/h2*2-13,21-23H,1H3;4,7-10H,2,6,11-12H2,1H3;3-6,11H,2,7-8H2,1H3;4-6H2,1-3H3;2H,1H2;1-2H2;4*1H4;;;;;1H2/q;;;;;;;;;;;4*+1;/p-3. The minimum atomic E-state index is -0.560. The Morgan fingerprint density at radius 3 is 1.02 bits per heavy atom. The van der Waals surface area contributed by atoms with Crippen LogP contribution < -0.4 is 230 Å². The Labute approximate surface area is 773 Å². The maximum atomic E-state index is 11.4. The summed E-state index contributed by atoms with van der Waals surface area (Å²) in [5.74, 6) is 7.46. The van der Waals surface area contributed by atoms with E-state index in [0.29, 0.717) is 13.2 Å². The molecule has 1 aliphatic heterocycles. The van der Waals surface area contributed by atoms with E-state index in [1.165, 1.54) is 61.6 Å². The third-order valence-corrected chi connectivity index (χ3v) is 14.3. The number of halogens is 1. The molecule has 0 aromatic heterocycles. The van der Waals surface area contributed by atoms with Crippen LogP contribution in [0.25, 0.3) is 0 Å². The van der Waals surface area contributed by atoms with Gasteiger partial charge in [0.15, 0.2) is 0 Å². The third kappa shape index (κ3) is 42.2. The van der Waals surface area contributed by atoms with Crippen LogP contribution >= 0.6 is 11.6 Å². The second kappa shape index (κ2) is 63.3. The van der Waals surface area contributed by atoms with E-state index in [0.717, 1.165) is 88.7 Å². The average Bonchev–Trinajstić information content (AvgIpc) is 1.61. The SMILES string of the molecule is C.C.C.C.C1CO1.C=CC(=O)Cl.C=CC(=O)OCCOc1ccc(CC#CC)cc1.CC(c1ccc(O)cc1)(c1ccc(O)cc1)c1ccc(O)cc1.CC(c1ccc([O-])cc1)(c1ccc([O-])cc1)c1ccc([O-])cc1.CCN(CC)CC.CCc1ccc(OCCO)cc1.O.[K+].[K+].[K+].[K+]. The summed E-state index contributed by atoms with van der Waals surface area (Å²) in [6, 6.07) is 56.8. The first kappa shape index (κ1) is 110. The first-order valence-corrected chi connectivity index (χ1v) is 30.2. The number of hydrogen-bond acceptors (Lipinski definition) is 14. The molecule has 0 saturated carbocycles. The quantitative estimate of drug-likeness (QED) is 0.0125. The fourth-order valence-electron chi connectivity index (χ4n) is 8.66. The molecule has 0 bridgehead atoms. The molecule has 0 atom stereocenters. The van der Waals surface area contributed by atoms with Gasteiger partial charge in [-0.05, 0) is 170 Å². The van der Waals surface area contributed by atoms with Crippen molar-refractivity contribution in [1.29, 1.82) is 0 Å². The van der Waals surface area contributed by atoms with Crippen molar-refractivity contribution < 1.29 is 275 Å². The normalized spacial score (nSPS) is 9.78. The zero-order valence-electron chi connectivity index (χ0n) is 57.6. The monoisotopic (exact) mass is 1490 g/mol. The molecular formula is C80H103ClK4NO14+. The van der Waals surface area contributed by atoms with Gasteiger partial charge in [-0.15, -0.1) is 23.2 Å². The topological polar surface area (TPSA) is 259 Å². The van der Waals surface area contributed by atoms with Gasteiger partial charge >= 0.3 is 212 Å². The predicted octanol–water partition coefficient (Wildman–Crippen LogP) is 2.44. The molecule has 8 aromatic rings. The van der Waals surface area contributed by atoms with Gasteiger partial charge in [0, 0.05) is 23.3 Å². The number of ether oxygens (including phenoxy) is 4. The maximum Gasteiger partial charge on any atom is 1.00 e. The number of nitrogens with zero attached hydrogens (tertiary/aromatic N) is 1. The molecule has 9 rings (SSSR count). The van der Waals surface area contributed by atoms with E-state index in [2.05, 4.69) is 69.3 Å². The van der Waals surface area contributed by atoms with Gasteiger partial charge in [0.05, 0.1) is 19.8 Å².